The summed E-state index contributed by atoms with van der Waals surface area (Å²) in [5.41, 5.74) is 0.867. The third kappa shape index (κ3) is 4.09. The molecule has 2 rings (SSSR count). The molecule has 0 fully saturated rings. The number of rotatable bonds is 5. The highest BCUT2D eigenvalue weighted by atomic mass is 19.1. The van der Waals surface area contributed by atoms with E-state index < -0.39 is 0 Å². The molecule has 0 aliphatic heterocycles. The summed E-state index contributed by atoms with van der Waals surface area (Å²) in [6.07, 6.45) is 0.169. The van der Waals surface area contributed by atoms with Crippen LogP contribution in [0.3, 0.4) is 0 Å². The van der Waals surface area contributed by atoms with E-state index in [0.717, 1.165) is 5.69 Å². The van der Waals surface area contributed by atoms with Crippen LogP contribution in [0.15, 0.2) is 30.3 Å². The summed E-state index contributed by atoms with van der Waals surface area (Å²) < 4.78 is 18.1. The zero-order valence-electron chi connectivity index (χ0n) is 10.4. The van der Waals surface area contributed by atoms with Crippen molar-refractivity contribution in [2.24, 2.45) is 0 Å². The molecule has 0 saturated heterocycles. The molecule has 0 aliphatic rings. The van der Waals surface area contributed by atoms with Crippen LogP contribution < -0.4 is 10.1 Å². The minimum absolute atomic E-state index is 0.169. The van der Waals surface area contributed by atoms with Gasteiger partial charge in [0, 0.05) is 17.8 Å². The summed E-state index contributed by atoms with van der Waals surface area (Å²) in [5, 5.41) is 9.24. The first-order chi connectivity index (χ1) is 9.13. The number of hydrogen-bond donors (Lipinski definition) is 2. The van der Waals surface area contributed by atoms with Crippen LogP contribution >= 0.6 is 0 Å². The molecule has 1 heterocycles. The number of amides is 1. The van der Waals surface area contributed by atoms with Crippen LogP contribution in [0.25, 0.3) is 0 Å². The third-order valence-electron chi connectivity index (χ3n) is 2.37. The van der Waals surface area contributed by atoms with Crippen LogP contribution in [-0.4, -0.2) is 22.7 Å². The first-order valence-electron chi connectivity index (χ1n) is 5.84. The normalized spacial score (nSPS) is 10.2. The number of benzene rings is 1. The number of halogens is 1. The molecule has 0 radical (unpaired) electrons. The van der Waals surface area contributed by atoms with Gasteiger partial charge < -0.3 is 10.1 Å². The Labute approximate surface area is 109 Å². The molecule has 1 aromatic carbocycles. The Morgan fingerprint density at radius 1 is 1.47 bits per heavy atom. The van der Waals surface area contributed by atoms with Crippen LogP contribution in [0.4, 0.5) is 10.2 Å². The lowest BCUT2D eigenvalue weighted by Crippen LogP contribution is -2.15. The van der Waals surface area contributed by atoms with Gasteiger partial charge >= 0.3 is 0 Å². The van der Waals surface area contributed by atoms with E-state index in [2.05, 4.69) is 15.5 Å². The van der Waals surface area contributed by atoms with Crippen LogP contribution in [0, 0.1) is 12.7 Å². The van der Waals surface area contributed by atoms with E-state index in [1.807, 2.05) is 6.92 Å². The molecule has 1 amide bonds. The van der Waals surface area contributed by atoms with Crippen molar-refractivity contribution in [3.05, 3.63) is 41.8 Å². The van der Waals surface area contributed by atoms with Gasteiger partial charge in [0.15, 0.2) is 5.82 Å². The summed E-state index contributed by atoms with van der Waals surface area (Å²) in [7, 11) is 0. The lowest BCUT2D eigenvalue weighted by atomic mass is 10.3. The average Bonchev–Trinajstić information content (AvgIpc) is 2.75. The molecule has 2 N–H and O–H groups in total. The lowest BCUT2D eigenvalue weighted by molar-refractivity contribution is -0.116. The molecule has 0 unspecified atom stereocenters. The van der Waals surface area contributed by atoms with Crippen molar-refractivity contribution in [3.8, 4) is 5.75 Å². The van der Waals surface area contributed by atoms with Crippen LogP contribution in [0.5, 0.6) is 5.75 Å². The van der Waals surface area contributed by atoms with Gasteiger partial charge in [-0.25, -0.2) is 4.39 Å². The molecular weight excluding hydrogens is 249 g/mol. The number of nitrogens with zero attached hydrogens (tertiary/aromatic N) is 1. The molecule has 100 valence electrons. The fourth-order valence-corrected chi connectivity index (χ4v) is 1.51. The zero-order chi connectivity index (χ0) is 13.7. The van der Waals surface area contributed by atoms with E-state index >= 15 is 0 Å². The van der Waals surface area contributed by atoms with Crippen molar-refractivity contribution in [2.45, 2.75) is 13.3 Å². The van der Waals surface area contributed by atoms with E-state index in [9.17, 15) is 9.18 Å². The smallest absolute Gasteiger partial charge is 0.229 e. The van der Waals surface area contributed by atoms with Crippen molar-refractivity contribution >= 4 is 11.7 Å². The predicted octanol–water partition coefficient (Wildman–Crippen LogP) is 2.26. The highest BCUT2D eigenvalue weighted by Crippen LogP contribution is 2.12. The number of H-pyrrole nitrogens is 1. The number of nitrogens with one attached hydrogen (secondary N) is 2. The molecular formula is C13H14FN3O2. The molecule has 6 heteroatoms. The van der Waals surface area contributed by atoms with Crippen molar-refractivity contribution in [1.82, 2.24) is 10.2 Å². The minimum Gasteiger partial charge on any atom is -0.493 e. The molecule has 0 aliphatic carbocycles. The van der Waals surface area contributed by atoms with Gasteiger partial charge in [-0.05, 0) is 19.1 Å². The number of aromatic nitrogens is 2. The standard InChI is InChI=1S/C13H14FN3O2/c1-9-7-12(17-16-9)15-13(18)5-6-19-11-4-2-3-10(14)8-11/h2-4,7-8H,5-6H2,1H3,(H2,15,16,17,18). The van der Waals surface area contributed by atoms with E-state index in [4.69, 9.17) is 4.74 Å². The van der Waals surface area contributed by atoms with Crippen molar-refractivity contribution in [3.63, 3.8) is 0 Å². The number of aryl methyl sites for hydroxylation is 1. The summed E-state index contributed by atoms with van der Waals surface area (Å²) in [4.78, 5) is 11.6. The Hall–Kier alpha value is -2.37. The summed E-state index contributed by atoms with van der Waals surface area (Å²) >= 11 is 0. The highest BCUT2D eigenvalue weighted by Gasteiger charge is 2.05. The van der Waals surface area contributed by atoms with Gasteiger partial charge in [-0.3, -0.25) is 9.89 Å². The number of carbonyl (C=O) groups is 1. The fourth-order valence-electron chi connectivity index (χ4n) is 1.51. The molecule has 5 nitrogen and oxygen atoms in total. The van der Waals surface area contributed by atoms with E-state index in [-0.39, 0.29) is 24.8 Å². The Morgan fingerprint density at radius 3 is 3.00 bits per heavy atom. The van der Waals surface area contributed by atoms with Gasteiger partial charge in [0.05, 0.1) is 13.0 Å². The molecule has 0 bridgehead atoms. The Kier molecular flexibility index (Phi) is 4.12. The molecule has 0 saturated carbocycles. The number of carbonyl (C=O) groups excluding carboxylic acids is 1. The first kappa shape index (κ1) is 13.1. The quantitative estimate of drug-likeness (QED) is 0.869. The second-order valence-corrected chi connectivity index (χ2v) is 4.04. The molecule has 1 aromatic heterocycles. The average molecular weight is 263 g/mol. The van der Waals surface area contributed by atoms with Crippen molar-refractivity contribution in [1.29, 1.82) is 0 Å². The number of ether oxygens (including phenoxy) is 1. The van der Waals surface area contributed by atoms with Crippen LogP contribution in [0.2, 0.25) is 0 Å². The topological polar surface area (TPSA) is 67.0 Å². The molecule has 0 atom stereocenters. The Morgan fingerprint density at radius 2 is 2.32 bits per heavy atom. The minimum atomic E-state index is -0.367. The number of anilines is 1. The SMILES string of the molecule is Cc1cc(NC(=O)CCOc2cccc(F)c2)n[nH]1. The summed E-state index contributed by atoms with van der Waals surface area (Å²) in [5.74, 6) is 0.313. The van der Waals surface area contributed by atoms with Gasteiger partial charge in [-0.1, -0.05) is 6.07 Å². The largest absolute Gasteiger partial charge is 0.493 e. The van der Waals surface area contributed by atoms with E-state index in [0.29, 0.717) is 11.6 Å². The highest BCUT2D eigenvalue weighted by molar-refractivity contribution is 5.89. The Bertz CT molecular complexity index is 569. The number of aromatic amines is 1. The maximum Gasteiger partial charge on any atom is 0.229 e. The lowest BCUT2D eigenvalue weighted by Gasteiger charge is -2.05. The Balaban J connectivity index is 1.75. The third-order valence-corrected chi connectivity index (χ3v) is 2.37. The first-order valence-corrected chi connectivity index (χ1v) is 5.84. The fraction of sp³-hybridized carbons (Fsp3) is 0.231. The van der Waals surface area contributed by atoms with Gasteiger partial charge in [0.1, 0.15) is 11.6 Å². The monoisotopic (exact) mass is 263 g/mol. The zero-order valence-corrected chi connectivity index (χ0v) is 10.4. The van der Waals surface area contributed by atoms with Gasteiger partial charge in [-0.15, -0.1) is 0 Å². The maximum atomic E-state index is 12.9. The van der Waals surface area contributed by atoms with Crippen LogP contribution in [-0.2, 0) is 4.79 Å². The summed E-state index contributed by atoms with van der Waals surface area (Å²) in [6, 6.07) is 7.52. The van der Waals surface area contributed by atoms with E-state index in [1.54, 1.807) is 18.2 Å². The molecule has 2 aromatic rings. The van der Waals surface area contributed by atoms with E-state index in [1.165, 1.54) is 12.1 Å². The second-order valence-electron chi connectivity index (χ2n) is 4.04. The van der Waals surface area contributed by atoms with Gasteiger partial charge in [-0.2, -0.15) is 5.10 Å². The van der Waals surface area contributed by atoms with Crippen molar-refractivity contribution in [2.75, 3.05) is 11.9 Å². The maximum absolute atomic E-state index is 12.9. The molecule has 19 heavy (non-hydrogen) atoms. The predicted molar refractivity (Wildman–Crippen MR) is 68.5 cm³/mol. The van der Waals surface area contributed by atoms with Gasteiger partial charge in [0.2, 0.25) is 5.91 Å². The van der Waals surface area contributed by atoms with Gasteiger partial charge in [0.25, 0.3) is 0 Å². The van der Waals surface area contributed by atoms with Crippen molar-refractivity contribution < 1.29 is 13.9 Å². The summed E-state index contributed by atoms with van der Waals surface area (Å²) in [6.45, 7) is 2.02. The second kappa shape index (κ2) is 5.99. The van der Waals surface area contributed by atoms with Crippen LogP contribution in [0.1, 0.15) is 12.1 Å². The number of hydrogen-bond acceptors (Lipinski definition) is 3. The molecule has 0 spiro atoms.